The quantitative estimate of drug-likeness (QED) is 0.525. The lowest BCUT2D eigenvalue weighted by Gasteiger charge is -2.04. The minimum Gasteiger partial charge on any atom is -0.383 e. The van der Waals surface area contributed by atoms with Gasteiger partial charge >= 0.3 is 0 Å². The molecule has 1 aromatic rings. The Hall–Kier alpha value is -2.11. The van der Waals surface area contributed by atoms with E-state index in [0.29, 0.717) is 24.3 Å². The number of hydrogen-bond acceptors (Lipinski definition) is 4. The van der Waals surface area contributed by atoms with Gasteiger partial charge in [-0.05, 0) is 6.07 Å². The van der Waals surface area contributed by atoms with Crippen molar-refractivity contribution in [1.82, 2.24) is 5.32 Å². The number of carbonyl (C=O) groups excluding carboxylic acids is 1. The molecule has 0 radical (unpaired) electrons. The number of rotatable bonds is 1. The Morgan fingerprint density at radius 1 is 1.27 bits per heavy atom. The normalized spacial score (nSPS) is 14.5. The second kappa shape index (κ2) is 3.56. The summed E-state index contributed by atoms with van der Waals surface area (Å²) in [6, 6.07) is 4.21. The molecule has 0 saturated carbocycles. The summed E-state index contributed by atoms with van der Waals surface area (Å²) in [5.74, 6) is -0.279. The van der Waals surface area contributed by atoms with Crippen LogP contribution in [0.15, 0.2) is 18.2 Å². The summed E-state index contributed by atoms with van der Waals surface area (Å²) in [7, 11) is 0. The molecule has 0 spiro atoms. The van der Waals surface area contributed by atoms with Gasteiger partial charge in [-0.2, -0.15) is 0 Å². The van der Waals surface area contributed by atoms with Gasteiger partial charge in [0.2, 0.25) is 0 Å². The highest BCUT2D eigenvalue weighted by atomic mass is 16.6. The average Bonchev–Trinajstić information content (AvgIpc) is 2.40. The second-order valence-electron chi connectivity index (χ2n) is 3.17. The molecule has 1 aliphatic rings. The molecule has 0 aromatic heterocycles. The largest absolute Gasteiger partial charge is 0.383 e. The van der Waals surface area contributed by atoms with Crippen LogP contribution in [-0.4, -0.2) is 23.9 Å². The topological polar surface area (TPSA) is 84.3 Å². The molecule has 2 N–H and O–H groups in total. The Kier molecular flexibility index (Phi) is 2.24. The number of hydrogen-bond donors (Lipinski definition) is 2. The first-order valence-corrected chi connectivity index (χ1v) is 4.49. The number of nitro benzene ring substituents is 1. The van der Waals surface area contributed by atoms with E-state index in [9.17, 15) is 14.9 Å². The number of nitrogens with one attached hydrogen (secondary N) is 2. The van der Waals surface area contributed by atoms with Gasteiger partial charge in [0.25, 0.3) is 11.6 Å². The molecule has 15 heavy (non-hydrogen) atoms. The summed E-state index contributed by atoms with van der Waals surface area (Å²) in [6.45, 7) is 1.14. The predicted octanol–water partition coefficient (Wildman–Crippen LogP) is 0.750. The number of carbonyl (C=O) groups is 1. The first-order chi connectivity index (χ1) is 7.18. The smallest absolute Gasteiger partial charge is 0.270 e. The Labute approximate surface area is 85.4 Å². The molecule has 0 bridgehead atoms. The Morgan fingerprint density at radius 3 is 2.73 bits per heavy atom. The molecule has 1 aliphatic heterocycles. The van der Waals surface area contributed by atoms with E-state index in [2.05, 4.69) is 10.6 Å². The van der Waals surface area contributed by atoms with Crippen molar-refractivity contribution in [3.63, 3.8) is 0 Å². The monoisotopic (exact) mass is 207 g/mol. The summed E-state index contributed by atoms with van der Waals surface area (Å²) < 4.78 is 0. The Balaban J connectivity index is 2.48. The molecule has 0 fully saturated rings. The molecule has 0 saturated heterocycles. The lowest BCUT2D eigenvalue weighted by atomic mass is 10.1. The maximum absolute atomic E-state index is 11.5. The van der Waals surface area contributed by atoms with Crippen LogP contribution in [0.25, 0.3) is 0 Å². The SMILES string of the molecule is O=C1NCCNc2ccc([N+](=O)[O-])cc21. The van der Waals surface area contributed by atoms with Crippen molar-refractivity contribution in [2.75, 3.05) is 18.4 Å². The maximum Gasteiger partial charge on any atom is 0.270 e. The van der Waals surface area contributed by atoms with E-state index in [1.807, 2.05) is 0 Å². The zero-order valence-corrected chi connectivity index (χ0v) is 7.82. The van der Waals surface area contributed by atoms with Gasteiger partial charge in [-0.15, -0.1) is 0 Å². The third-order valence-electron chi connectivity index (χ3n) is 2.18. The number of amides is 1. The molecule has 1 aromatic carbocycles. The van der Waals surface area contributed by atoms with E-state index < -0.39 is 4.92 Å². The van der Waals surface area contributed by atoms with E-state index in [4.69, 9.17) is 0 Å². The number of benzene rings is 1. The fraction of sp³-hybridized carbons (Fsp3) is 0.222. The number of non-ortho nitro benzene ring substituents is 1. The molecule has 0 unspecified atom stereocenters. The van der Waals surface area contributed by atoms with Crippen molar-refractivity contribution >= 4 is 17.3 Å². The van der Waals surface area contributed by atoms with Crippen LogP contribution >= 0.6 is 0 Å². The van der Waals surface area contributed by atoms with Crippen molar-refractivity contribution in [2.24, 2.45) is 0 Å². The minimum atomic E-state index is -0.515. The van der Waals surface area contributed by atoms with E-state index in [1.54, 1.807) is 6.07 Å². The van der Waals surface area contributed by atoms with E-state index in [0.717, 1.165) is 0 Å². The van der Waals surface area contributed by atoms with Gasteiger partial charge in [-0.3, -0.25) is 14.9 Å². The first kappa shape index (κ1) is 9.45. The standard InChI is InChI=1S/C9H9N3O3/c13-9-7-5-6(12(14)15)1-2-8(7)10-3-4-11-9/h1-2,5,10H,3-4H2,(H,11,13). The van der Waals surface area contributed by atoms with Crippen LogP contribution in [0.3, 0.4) is 0 Å². The summed E-state index contributed by atoms with van der Waals surface area (Å²) in [6.07, 6.45) is 0. The van der Waals surface area contributed by atoms with Gasteiger partial charge in [-0.25, -0.2) is 0 Å². The molecular weight excluding hydrogens is 198 g/mol. The molecule has 6 nitrogen and oxygen atoms in total. The van der Waals surface area contributed by atoms with Crippen molar-refractivity contribution in [1.29, 1.82) is 0 Å². The van der Waals surface area contributed by atoms with Crippen LogP contribution in [0.4, 0.5) is 11.4 Å². The van der Waals surface area contributed by atoms with Crippen molar-refractivity contribution < 1.29 is 9.72 Å². The van der Waals surface area contributed by atoms with Crippen LogP contribution in [-0.2, 0) is 0 Å². The Bertz CT molecular complexity index is 431. The van der Waals surface area contributed by atoms with Gasteiger partial charge in [0.15, 0.2) is 0 Å². The summed E-state index contributed by atoms with van der Waals surface area (Å²) in [5, 5.41) is 16.2. The second-order valence-corrected chi connectivity index (χ2v) is 3.17. The van der Waals surface area contributed by atoms with Gasteiger partial charge < -0.3 is 10.6 Å². The highest BCUT2D eigenvalue weighted by molar-refractivity contribution is 6.00. The summed E-state index contributed by atoms with van der Waals surface area (Å²) >= 11 is 0. The van der Waals surface area contributed by atoms with Crippen molar-refractivity contribution in [3.8, 4) is 0 Å². The zero-order valence-electron chi connectivity index (χ0n) is 7.82. The van der Waals surface area contributed by atoms with E-state index in [-0.39, 0.29) is 11.6 Å². The number of fused-ring (bicyclic) bond motifs is 1. The van der Waals surface area contributed by atoms with Gasteiger partial charge in [0.05, 0.1) is 10.5 Å². The third kappa shape index (κ3) is 1.74. The highest BCUT2D eigenvalue weighted by Crippen LogP contribution is 2.22. The first-order valence-electron chi connectivity index (χ1n) is 4.49. The van der Waals surface area contributed by atoms with Crippen LogP contribution in [0.2, 0.25) is 0 Å². The summed E-state index contributed by atoms with van der Waals surface area (Å²) in [4.78, 5) is 21.5. The number of nitro groups is 1. The number of anilines is 1. The molecule has 78 valence electrons. The average molecular weight is 207 g/mol. The molecule has 1 heterocycles. The molecule has 0 atom stereocenters. The van der Waals surface area contributed by atoms with Gasteiger partial charge in [0.1, 0.15) is 0 Å². The van der Waals surface area contributed by atoms with Gasteiger partial charge in [0, 0.05) is 30.9 Å². The zero-order chi connectivity index (χ0) is 10.8. The van der Waals surface area contributed by atoms with Crippen molar-refractivity contribution in [3.05, 3.63) is 33.9 Å². The molecule has 6 heteroatoms. The molecular formula is C9H9N3O3. The van der Waals surface area contributed by atoms with E-state index in [1.165, 1.54) is 12.1 Å². The van der Waals surface area contributed by atoms with E-state index >= 15 is 0 Å². The predicted molar refractivity (Wildman–Crippen MR) is 53.9 cm³/mol. The van der Waals surface area contributed by atoms with Crippen LogP contribution < -0.4 is 10.6 Å². The van der Waals surface area contributed by atoms with Crippen LogP contribution in [0.1, 0.15) is 10.4 Å². The minimum absolute atomic E-state index is 0.0763. The maximum atomic E-state index is 11.5. The summed E-state index contributed by atoms with van der Waals surface area (Å²) in [5.41, 5.74) is 0.880. The fourth-order valence-electron chi connectivity index (χ4n) is 1.46. The fourth-order valence-corrected chi connectivity index (χ4v) is 1.46. The molecule has 2 rings (SSSR count). The van der Waals surface area contributed by atoms with Gasteiger partial charge in [-0.1, -0.05) is 0 Å². The third-order valence-corrected chi connectivity index (χ3v) is 2.18. The molecule has 1 amide bonds. The van der Waals surface area contributed by atoms with Crippen LogP contribution in [0.5, 0.6) is 0 Å². The lowest BCUT2D eigenvalue weighted by molar-refractivity contribution is -0.384. The Morgan fingerprint density at radius 2 is 2.00 bits per heavy atom. The lowest BCUT2D eigenvalue weighted by Crippen LogP contribution is -2.24. The number of nitrogens with zero attached hydrogens (tertiary/aromatic N) is 1. The van der Waals surface area contributed by atoms with Crippen molar-refractivity contribution in [2.45, 2.75) is 0 Å². The molecule has 0 aliphatic carbocycles. The highest BCUT2D eigenvalue weighted by Gasteiger charge is 2.18. The van der Waals surface area contributed by atoms with Crippen LogP contribution in [0, 0.1) is 10.1 Å².